The molecule has 10 nitrogen and oxygen atoms in total. The van der Waals surface area contributed by atoms with E-state index in [4.69, 9.17) is 11.6 Å². The van der Waals surface area contributed by atoms with E-state index < -0.39 is 32.9 Å². The van der Waals surface area contributed by atoms with E-state index in [1.165, 1.54) is 18.2 Å². The van der Waals surface area contributed by atoms with Crippen molar-refractivity contribution in [3.05, 3.63) is 69.1 Å². The summed E-state index contributed by atoms with van der Waals surface area (Å²) >= 11 is 6.03. The van der Waals surface area contributed by atoms with Crippen LogP contribution in [0.4, 0.5) is 0 Å². The van der Waals surface area contributed by atoms with Gasteiger partial charge in [-0.25, -0.2) is 18.2 Å². The number of halogens is 1. The Morgan fingerprint density at radius 1 is 1.00 bits per heavy atom. The zero-order valence-electron chi connectivity index (χ0n) is 17.3. The second-order valence-electron chi connectivity index (χ2n) is 7.86. The molecule has 32 heavy (non-hydrogen) atoms. The maximum Gasteiger partial charge on any atom is 0.290 e. The molecule has 0 spiro atoms. The number of fused-ring (bicyclic) bond motifs is 1. The van der Waals surface area contributed by atoms with Crippen LogP contribution >= 0.6 is 11.6 Å². The molecule has 1 heterocycles. The molecule has 0 atom stereocenters. The maximum atomic E-state index is 12.6. The Morgan fingerprint density at radius 2 is 1.62 bits per heavy atom. The minimum absolute atomic E-state index is 0.0525. The summed E-state index contributed by atoms with van der Waals surface area (Å²) < 4.78 is 27.7. The number of carbonyl (C=O) groups is 2. The third-order valence-corrected chi connectivity index (χ3v) is 6.36. The number of hydrazine groups is 1. The number of nitrogens with zero attached hydrogens (tertiary/aromatic N) is 1. The van der Waals surface area contributed by atoms with Gasteiger partial charge in [0.25, 0.3) is 17.4 Å². The van der Waals surface area contributed by atoms with Crippen molar-refractivity contribution in [1.82, 2.24) is 25.8 Å². The smallest absolute Gasteiger partial charge is 0.267 e. The molecule has 0 radical (unpaired) electrons. The molecule has 1 aromatic heterocycles. The highest BCUT2D eigenvalue weighted by atomic mass is 35.5. The number of aromatic amines is 1. The zero-order valence-corrected chi connectivity index (χ0v) is 18.9. The third kappa shape index (κ3) is 5.13. The third-order valence-electron chi connectivity index (χ3n) is 4.12. The van der Waals surface area contributed by atoms with Gasteiger partial charge in [0.1, 0.15) is 4.90 Å². The lowest BCUT2D eigenvalue weighted by molar-refractivity contribution is 0.0844. The Kier molecular flexibility index (Phi) is 6.35. The molecule has 0 fully saturated rings. The normalized spacial score (nSPS) is 11.9. The van der Waals surface area contributed by atoms with Gasteiger partial charge in [-0.1, -0.05) is 29.8 Å². The number of H-pyrrole nitrogens is 1. The first-order valence-electron chi connectivity index (χ1n) is 9.31. The van der Waals surface area contributed by atoms with Crippen molar-refractivity contribution >= 4 is 44.2 Å². The number of hydrogen-bond acceptors (Lipinski definition) is 6. The minimum Gasteiger partial charge on any atom is -0.267 e. The van der Waals surface area contributed by atoms with Crippen LogP contribution in [0.1, 0.15) is 41.6 Å². The predicted molar refractivity (Wildman–Crippen MR) is 119 cm³/mol. The van der Waals surface area contributed by atoms with Crippen LogP contribution in [0.5, 0.6) is 0 Å². The van der Waals surface area contributed by atoms with Gasteiger partial charge in [0.2, 0.25) is 10.0 Å². The molecule has 12 heteroatoms. The number of sulfonamides is 1. The highest BCUT2D eigenvalue weighted by Crippen LogP contribution is 2.24. The van der Waals surface area contributed by atoms with E-state index >= 15 is 0 Å². The number of amides is 2. The molecule has 0 unspecified atom stereocenters. The van der Waals surface area contributed by atoms with Crippen molar-refractivity contribution in [2.75, 3.05) is 0 Å². The zero-order chi connectivity index (χ0) is 23.7. The molecular weight excluding hydrogens is 458 g/mol. The average Bonchev–Trinajstić information content (AvgIpc) is 2.70. The Hall–Kier alpha value is -3.28. The lowest BCUT2D eigenvalue weighted by Crippen LogP contribution is -2.42. The molecule has 3 aromatic rings. The fraction of sp³-hybridized carbons (Fsp3) is 0.200. The molecule has 4 N–H and O–H groups in total. The second kappa shape index (κ2) is 8.69. The summed E-state index contributed by atoms with van der Waals surface area (Å²) in [5.41, 5.74) is 3.02. The first-order chi connectivity index (χ1) is 14.9. The van der Waals surface area contributed by atoms with Crippen LogP contribution in [0.2, 0.25) is 5.02 Å². The lowest BCUT2D eigenvalue weighted by atomic mass is 10.1. The summed E-state index contributed by atoms with van der Waals surface area (Å²) in [5, 5.41) is 6.47. The van der Waals surface area contributed by atoms with Crippen LogP contribution in [-0.4, -0.2) is 36.0 Å². The number of rotatable bonds is 4. The Morgan fingerprint density at radius 3 is 2.28 bits per heavy atom. The molecule has 0 saturated heterocycles. The first kappa shape index (κ1) is 23.4. The van der Waals surface area contributed by atoms with E-state index in [-0.39, 0.29) is 26.6 Å². The predicted octanol–water partition coefficient (Wildman–Crippen LogP) is 1.73. The van der Waals surface area contributed by atoms with Crippen LogP contribution < -0.4 is 21.1 Å². The number of hydrogen-bond donors (Lipinski definition) is 4. The van der Waals surface area contributed by atoms with Gasteiger partial charge in [0, 0.05) is 16.5 Å². The largest absolute Gasteiger partial charge is 0.290 e. The van der Waals surface area contributed by atoms with Gasteiger partial charge in [-0.2, -0.15) is 5.10 Å². The standard InChI is InChI=1S/C20H20ClN5O5S/c1-20(2,3)26-32(30,31)15-10-11(8-9-14(15)21)17(27)23-25-19(29)16-12-6-4-5-7-13(12)18(28)24-22-16/h4-10,26H,1-3H3,(H,23,27)(H,24,28)(H,25,29). The van der Waals surface area contributed by atoms with Gasteiger partial charge in [-0.05, 0) is 45.0 Å². The summed E-state index contributed by atoms with van der Waals surface area (Å²) in [6, 6.07) is 10.0. The van der Waals surface area contributed by atoms with Crippen LogP contribution in [0, 0.1) is 0 Å². The molecule has 0 aliphatic heterocycles. The number of nitrogens with one attached hydrogen (secondary N) is 4. The Labute approximate surface area is 188 Å². The van der Waals surface area contributed by atoms with Gasteiger partial charge in [0.05, 0.1) is 10.4 Å². The van der Waals surface area contributed by atoms with E-state index in [9.17, 15) is 22.8 Å². The van der Waals surface area contributed by atoms with Crippen molar-refractivity contribution in [3.63, 3.8) is 0 Å². The van der Waals surface area contributed by atoms with E-state index in [1.807, 2.05) is 0 Å². The molecule has 168 valence electrons. The van der Waals surface area contributed by atoms with Crippen molar-refractivity contribution < 1.29 is 18.0 Å². The molecule has 0 aliphatic rings. The second-order valence-corrected chi connectivity index (χ2v) is 9.91. The molecular formula is C20H20ClN5O5S. The number of aromatic nitrogens is 2. The number of carbonyl (C=O) groups excluding carboxylic acids is 2. The van der Waals surface area contributed by atoms with Crippen molar-refractivity contribution in [1.29, 1.82) is 0 Å². The highest BCUT2D eigenvalue weighted by Gasteiger charge is 2.25. The summed E-state index contributed by atoms with van der Waals surface area (Å²) in [7, 11) is -4.00. The molecule has 2 aromatic carbocycles. The maximum absolute atomic E-state index is 12.6. The van der Waals surface area contributed by atoms with Gasteiger partial charge >= 0.3 is 0 Å². The van der Waals surface area contributed by atoms with Crippen LogP contribution in [-0.2, 0) is 10.0 Å². The summed E-state index contributed by atoms with van der Waals surface area (Å²) in [4.78, 5) is 36.6. The van der Waals surface area contributed by atoms with E-state index in [2.05, 4.69) is 25.8 Å². The van der Waals surface area contributed by atoms with Crippen molar-refractivity contribution in [3.8, 4) is 0 Å². The quantitative estimate of drug-likeness (QED) is 0.420. The topological polar surface area (TPSA) is 150 Å². The number of benzene rings is 2. The van der Waals surface area contributed by atoms with E-state index in [0.717, 1.165) is 6.07 Å². The molecule has 2 amide bonds. The SMILES string of the molecule is CC(C)(C)NS(=O)(=O)c1cc(C(=O)NNC(=O)c2n[nH]c(=O)c3ccccc23)ccc1Cl. The average molecular weight is 478 g/mol. The van der Waals surface area contributed by atoms with Crippen LogP contribution in [0.15, 0.2) is 52.2 Å². The van der Waals surface area contributed by atoms with Crippen molar-refractivity contribution in [2.45, 2.75) is 31.2 Å². The lowest BCUT2D eigenvalue weighted by Gasteiger charge is -2.21. The van der Waals surface area contributed by atoms with E-state index in [1.54, 1.807) is 39.0 Å². The van der Waals surface area contributed by atoms with Gasteiger partial charge in [0.15, 0.2) is 5.69 Å². The molecule has 3 rings (SSSR count). The molecule has 0 saturated carbocycles. The monoisotopic (exact) mass is 477 g/mol. The highest BCUT2D eigenvalue weighted by molar-refractivity contribution is 7.89. The van der Waals surface area contributed by atoms with Crippen LogP contribution in [0.3, 0.4) is 0 Å². The Bertz CT molecular complexity index is 1380. The van der Waals surface area contributed by atoms with Crippen molar-refractivity contribution in [2.24, 2.45) is 0 Å². The molecule has 0 aliphatic carbocycles. The van der Waals surface area contributed by atoms with Gasteiger partial charge in [-0.3, -0.25) is 25.2 Å². The fourth-order valence-corrected chi connectivity index (χ4v) is 4.79. The van der Waals surface area contributed by atoms with Crippen LogP contribution in [0.25, 0.3) is 10.8 Å². The molecule has 0 bridgehead atoms. The van der Waals surface area contributed by atoms with Gasteiger partial charge in [-0.15, -0.1) is 0 Å². The summed E-state index contributed by atoms with van der Waals surface area (Å²) in [6.45, 7) is 5.00. The fourth-order valence-electron chi connectivity index (χ4n) is 2.84. The van der Waals surface area contributed by atoms with Gasteiger partial charge < -0.3 is 0 Å². The first-order valence-corrected chi connectivity index (χ1v) is 11.2. The summed E-state index contributed by atoms with van der Waals surface area (Å²) in [6.07, 6.45) is 0. The van der Waals surface area contributed by atoms with E-state index in [0.29, 0.717) is 5.39 Å². The minimum atomic E-state index is -4.00. The summed E-state index contributed by atoms with van der Waals surface area (Å²) in [5.74, 6) is -1.56. The Balaban J connectivity index is 1.81.